The minimum absolute atomic E-state index is 0.00348. The van der Waals surface area contributed by atoms with Crippen molar-refractivity contribution in [1.82, 2.24) is 5.43 Å². The molecule has 2 aromatic rings. The first-order valence-corrected chi connectivity index (χ1v) is 8.02. The fourth-order valence-electron chi connectivity index (χ4n) is 2.24. The highest BCUT2D eigenvalue weighted by Crippen LogP contribution is 2.30. The molecule has 132 valence electrons. The van der Waals surface area contributed by atoms with Gasteiger partial charge >= 0.3 is 0 Å². The Kier molecular flexibility index (Phi) is 5.02. The molecular weight excluding hydrogens is 336 g/mol. The van der Waals surface area contributed by atoms with E-state index in [1.165, 1.54) is 24.4 Å². The van der Waals surface area contributed by atoms with Gasteiger partial charge in [0.2, 0.25) is 5.91 Å². The quantitative estimate of drug-likeness (QED) is 0.472. The number of hydrogen-bond donors (Lipinski definition) is 2. The molecule has 2 N–H and O–H groups in total. The molecule has 0 unspecified atom stereocenters. The fourth-order valence-corrected chi connectivity index (χ4v) is 2.24. The van der Waals surface area contributed by atoms with E-state index in [-0.39, 0.29) is 17.5 Å². The molecule has 8 heteroatoms. The SMILES string of the molecule is O=C(NN=Cc1cccc([N+](=O)[O-])c1)c1ccc(NC(=O)C2CC2)cc1. The second kappa shape index (κ2) is 7.56. The summed E-state index contributed by atoms with van der Waals surface area (Å²) in [5.74, 6) is -0.309. The van der Waals surface area contributed by atoms with E-state index in [4.69, 9.17) is 0 Å². The van der Waals surface area contributed by atoms with Crippen molar-refractivity contribution in [2.45, 2.75) is 12.8 Å². The van der Waals surface area contributed by atoms with Crippen LogP contribution in [-0.2, 0) is 4.79 Å². The van der Waals surface area contributed by atoms with Crippen LogP contribution >= 0.6 is 0 Å². The van der Waals surface area contributed by atoms with Gasteiger partial charge in [0.25, 0.3) is 11.6 Å². The zero-order valence-electron chi connectivity index (χ0n) is 13.7. The number of nitro groups is 1. The van der Waals surface area contributed by atoms with Crippen molar-refractivity contribution in [3.63, 3.8) is 0 Å². The van der Waals surface area contributed by atoms with Crippen LogP contribution in [0.2, 0.25) is 0 Å². The van der Waals surface area contributed by atoms with Gasteiger partial charge in [-0.3, -0.25) is 19.7 Å². The van der Waals surface area contributed by atoms with Crippen molar-refractivity contribution < 1.29 is 14.5 Å². The Bertz CT molecular complexity index is 873. The molecule has 26 heavy (non-hydrogen) atoms. The van der Waals surface area contributed by atoms with Gasteiger partial charge in [-0.05, 0) is 37.1 Å². The number of amides is 2. The van der Waals surface area contributed by atoms with Gasteiger partial charge in [0.1, 0.15) is 0 Å². The normalized spacial score (nSPS) is 13.4. The predicted octanol–water partition coefficient (Wildman–Crippen LogP) is 2.71. The van der Waals surface area contributed by atoms with E-state index in [9.17, 15) is 19.7 Å². The Hall–Kier alpha value is -3.55. The molecule has 0 aromatic heterocycles. The summed E-state index contributed by atoms with van der Waals surface area (Å²) in [6.45, 7) is 0. The van der Waals surface area contributed by atoms with Crippen LogP contribution < -0.4 is 10.7 Å². The van der Waals surface area contributed by atoms with E-state index in [1.807, 2.05) is 0 Å². The summed E-state index contributed by atoms with van der Waals surface area (Å²) in [6.07, 6.45) is 3.18. The van der Waals surface area contributed by atoms with Crippen LogP contribution in [0.4, 0.5) is 11.4 Å². The first-order chi connectivity index (χ1) is 12.5. The fraction of sp³-hybridized carbons (Fsp3) is 0.167. The lowest BCUT2D eigenvalue weighted by molar-refractivity contribution is -0.384. The van der Waals surface area contributed by atoms with Crippen molar-refractivity contribution in [2.75, 3.05) is 5.32 Å². The maximum absolute atomic E-state index is 12.0. The Balaban J connectivity index is 1.56. The molecule has 2 aromatic carbocycles. The summed E-state index contributed by atoms with van der Waals surface area (Å²) >= 11 is 0. The number of rotatable bonds is 6. The third-order valence-electron chi connectivity index (χ3n) is 3.82. The van der Waals surface area contributed by atoms with Crippen molar-refractivity contribution in [2.24, 2.45) is 11.0 Å². The van der Waals surface area contributed by atoms with Gasteiger partial charge in [-0.2, -0.15) is 5.10 Å². The highest BCUT2D eigenvalue weighted by atomic mass is 16.6. The van der Waals surface area contributed by atoms with Crippen LogP contribution in [0.1, 0.15) is 28.8 Å². The van der Waals surface area contributed by atoms with Gasteiger partial charge in [-0.25, -0.2) is 5.43 Å². The lowest BCUT2D eigenvalue weighted by Gasteiger charge is -2.05. The monoisotopic (exact) mass is 352 g/mol. The number of hydrazone groups is 1. The number of hydrogen-bond acceptors (Lipinski definition) is 5. The molecule has 1 saturated carbocycles. The minimum Gasteiger partial charge on any atom is -0.326 e. The molecule has 1 aliphatic rings. The standard InChI is InChI=1S/C18H16N4O4/c23-17(13-4-5-13)20-15-8-6-14(7-9-15)18(24)21-19-11-12-2-1-3-16(10-12)22(25)26/h1-3,6-11,13H,4-5H2,(H,20,23)(H,21,24). The molecule has 3 rings (SSSR count). The molecule has 2 amide bonds. The van der Waals surface area contributed by atoms with Crippen LogP contribution in [0.3, 0.4) is 0 Å². The van der Waals surface area contributed by atoms with Crippen molar-refractivity contribution in [3.8, 4) is 0 Å². The molecule has 1 fully saturated rings. The number of nitro benzene ring substituents is 1. The maximum atomic E-state index is 12.0. The smallest absolute Gasteiger partial charge is 0.271 e. The molecule has 0 heterocycles. The van der Waals surface area contributed by atoms with E-state index in [1.54, 1.807) is 30.3 Å². The van der Waals surface area contributed by atoms with E-state index in [2.05, 4.69) is 15.8 Å². The minimum atomic E-state index is -0.501. The highest BCUT2D eigenvalue weighted by Gasteiger charge is 2.29. The highest BCUT2D eigenvalue weighted by molar-refractivity contribution is 5.97. The van der Waals surface area contributed by atoms with E-state index in [0.29, 0.717) is 16.8 Å². The molecule has 0 aliphatic heterocycles. The summed E-state index contributed by atoms with van der Waals surface area (Å²) in [6, 6.07) is 12.4. The predicted molar refractivity (Wildman–Crippen MR) is 96.0 cm³/mol. The first kappa shape index (κ1) is 17.3. The number of benzene rings is 2. The molecule has 0 atom stereocenters. The third kappa shape index (κ3) is 4.50. The van der Waals surface area contributed by atoms with Crippen molar-refractivity contribution in [1.29, 1.82) is 0 Å². The Morgan fingerprint density at radius 3 is 2.54 bits per heavy atom. The lowest BCUT2D eigenvalue weighted by Crippen LogP contribution is -2.18. The maximum Gasteiger partial charge on any atom is 0.271 e. The number of anilines is 1. The van der Waals surface area contributed by atoms with Crippen LogP contribution in [-0.4, -0.2) is 23.0 Å². The summed E-state index contributed by atoms with van der Waals surface area (Å²) < 4.78 is 0. The average molecular weight is 352 g/mol. The van der Waals surface area contributed by atoms with E-state index in [0.717, 1.165) is 12.8 Å². The van der Waals surface area contributed by atoms with Crippen LogP contribution in [0.25, 0.3) is 0 Å². The van der Waals surface area contributed by atoms with Crippen LogP contribution in [0.5, 0.6) is 0 Å². The summed E-state index contributed by atoms with van der Waals surface area (Å²) in [7, 11) is 0. The number of carbonyl (C=O) groups excluding carboxylic acids is 2. The second-order valence-electron chi connectivity index (χ2n) is 5.89. The first-order valence-electron chi connectivity index (χ1n) is 8.02. The molecule has 0 saturated heterocycles. The van der Waals surface area contributed by atoms with Gasteiger partial charge < -0.3 is 5.32 Å². The lowest BCUT2D eigenvalue weighted by atomic mass is 10.2. The van der Waals surface area contributed by atoms with Gasteiger partial charge in [0.15, 0.2) is 0 Å². The zero-order valence-corrected chi connectivity index (χ0v) is 13.7. The third-order valence-corrected chi connectivity index (χ3v) is 3.82. The average Bonchev–Trinajstić information content (AvgIpc) is 3.47. The second-order valence-corrected chi connectivity index (χ2v) is 5.89. The number of nitrogens with one attached hydrogen (secondary N) is 2. The molecule has 0 spiro atoms. The summed E-state index contributed by atoms with van der Waals surface area (Å²) in [5.41, 5.74) is 3.82. The topological polar surface area (TPSA) is 114 Å². The molecule has 0 radical (unpaired) electrons. The van der Waals surface area contributed by atoms with Crippen LogP contribution in [0, 0.1) is 16.0 Å². The van der Waals surface area contributed by atoms with Crippen molar-refractivity contribution >= 4 is 29.4 Å². The van der Waals surface area contributed by atoms with Gasteiger partial charge in [0.05, 0.1) is 11.1 Å². The van der Waals surface area contributed by atoms with Crippen molar-refractivity contribution in [3.05, 3.63) is 69.8 Å². The van der Waals surface area contributed by atoms with E-state index < -0.39 is 10.8 Å². The Morgan fingerprint density at radius 1 is 1.15 bits per heavy atom. The zero-order chi connectivity index (χ0) is 18.5. The van der Waals surface area contributed by atoms with Gasteiger partial charge in [-0.1, -0.05) is 12.1 Å². The molecular formula is C18H16N4O4. The summed E-state index contributed by atoms with van der Waals surface area (Å²) in [4.78, 5) is 33.9. The Labute approximate surface area is 149 Å². The molecule has 0 bridgehead atoms. The molecule has 1 aliphatic carbocycles. The van der Waals surface area contributed by atoms with Crippen LogP contribution in [0.15, 0.2) is 53.6 Å². The summed E-state index contributed by atoms with van der Waals surface area (Å²) in [5, 5.41) is 17.3. The largest absolute Gasteiger partial charge is 0.326 e. The van der Waals surface area contributed by atoms with E-state index >= 15 is 0 Å². The van der Waals surface area contributed by atoms with Gasteiger partial charge in [-0.15, -0.1) is 0 Å². The number of carbonyl (C=O) groups is 2. The number of non-ortho nitro benzene ring substituents is 1. The molecule has 8 nitrogen and oxygen atoms in total. The van der Waals surface area contributed by atoms with Gasteiger partial charge in [0, 0.05) is 34.9 Å². The number of nitrogens with zero attached hydrogens (tertiary/aromatic N) is 2. The Morgan fingerprint density at radius 2 is 1.88 bits per heavy atom.